The van der Waals surface area contributed by atoms with E-state index >= 15 is 0 Å². The standard InChI is InChI=1S/C15H29N3O2.C2H2O4/c1-20-12-7-16-15(19)13-17-10-5-14(6-11-17)18-8-3-2-4-9-18;3-1(4)2(5)6/h14H,2-13H2,1H3,(H,16,19);(H,3,4)(H,5,6). The fourth-order valence-corrected chi connectivity index (χ4v) is 3.28. The number of carboxylic acid groups (broad SMARTS) is 2. The Kier molecular flexibility index (Phi) is 10.8. The zero-order valence-electron chi connectivity index (χ0n) is 15.5. The third-order valence-electron chi connectivity index (χ3n) is 4.64. The second kappa shape index (κ2) is 12.6. The van der Waals surface area contributed by atoms with Crippen molar-refractivity contribution in [3.05, 3.63) is 0 Å². The molecule has 0 aromatic carbocycles. The predicted molar refractivity (Wildman–Crippen MR) is 95.0 cm³/mol. The van der Waals surface area contributed by atoms with E-state index in [0.29, 0.717) is 19.7 Å². The Morgan fingerprint density at radius 1 is 1.00 bits per heavy atom. The van der Waals surface area contributed by atoms with Gasteiger partial charge in [-0.2, -0.15) is 0 Å². The van der Waals surface area contributed by atoms with E-state index in [9.17, 15) is 4.79 Å². The van der Waals surface area contributed by atoms with E-state index in [-0.39, 0.29) is 5.91 Å². The molecule has 2 aliphatic rings. The summed E-state index contributed by atoms with van der Waals surface area (Å²) in [6.45, 7) is 6.40. The molecule has 2 fully saturated rings. The number of methoxy groups -OCH3 is 1. The van der Waals surface area contributed by atoms with Crippen LogP contribution in [0.4, 0.5) is 0 Å². The van der Waals surface area contributed by atoms with Crippen LogP contribution in [0.2, 0.25) is 0 Å². The fraction of sp³-hybridized carbons (Fsp3) is 0.824. The number of rotatable bonds is 6. The number of carbonyl (C=O) groups is 3. The molecule has 2 saturated heterocycles. The summed E-state index contributed by atoms with van der Waals surface area (Å²) in [6, 6.07) is 0.753. The number of nitrogens with zero attached hydrogens (tertiary/aromatic N) is 2. The van der Waals surface area contributed by atoms with Crippen molar-refractivity contribution < 1.29 is 29.3 Å². The Bertz CT molecular complexity index is 434. The lowest BCUT2D eigenvalue weighted by Gasteiger charge is -2.40. The minimum Gasteiger partial charge on any atom is -0.473 e. The van der Waals surface area contributed by atoms with Gasteiger partial charge in [0.15, 0.2) is 0 Å². The number of hydrogen-bond acceptors (Lipinski definition) is 6. The zero-order chi connectivity index (χ0) is 19.4. The Labute approximate surface area is 154 Å². The van der Waals surface area contributed by atoms with E-state index in [2.05, 4.69) is 15.1 Å². The predicted octanol–water partition coefficient (Wildman–Crippen LogP) is -0.145. The normalized spacial score (nSPS) is 19.3. The van der Waals surface area contributed by atoms with Crippen LogP contribution in [0.5, 0.6) is 0 Å². The summed E-state index contributed by atoms with van der Waals surface area (Å²) in [5.74, 6) is -3.52. The highest BCUT2D eigenvalue weighted by Gasteiger charge is 2.26. The van der Waals surface area contributed by atoms with Crippen molar-refractivity contribution in [2.24, 2.45) is 0 Å². The summed E-state index contributed by atoms with van der Waals surface area (Å²) < 4.78 is 4.93. The Balaban J connectivity index is 0.000000487. The number of aliphatic carboxylic acids is 2. The number of likely N-dealkylation sites (tertiary alicyclic amines) is 2. The van der Waals surface area contributed by atoms with E-state index in [4.69, 9.17) is 24.5 Å². The molecule has 0 bridgehead atoms. The lowest BCUT2D eigenvalue weighted by Crippen LogP contribution is -2.48. The van der Waals surface area contributed by atoms with Crippen LogP contribution in [0.3, 0.4) is 0 Å². The van der Waals surface area contributed by atoms with Gasteiger partial charge < -0.3 is 25.2 Å². The smallest absolute Gasteiger partial charge is 0.414 e. The van der Waals surface area contributed by atoms with Crippen molar-refractivity contribution >= 4 is 17.8 Å². The number of carbonyl (C=O) groups excluding carboxylic acids is 1. The van der Waals surface area contributed by atoms with Crippen molar-refractivity contribution in [3.63, 3.8) is 0 Å². The molecule has 0 aromatic rings. The van der Waals surface area contributed by atoms with E-state index in [1.807, 2.05) is 0 Å². The van der Waals surface area contributed by atoms with Crippen LogP contribution in [-0.2, 0) is 19.1 Å². The summed E-state index contributed by atoms with van der Waals surface area (Å²) in [7, 11) is 1.65. The monoisotopic (exact) mass is 373 g/mol. The second-order valence-corrected chi connectivity index (χ2v) is 6.56. The van der Waals surface area contributed by atoms with Crippen LogP contribution in [0.1, 0.15) is 32.1 Å². The highest BCUT2D eigenvalue weighted by atomic mass is 16.5. The van der Waals surface area contributed by atoms with Gasteiger partial charge in [-0.15, -0.1) is 0 Å². The van der Waals surface area contributed by atoms with Gasteiger partial charge in [0.25, 0.3) is 0 Å². The molecule has 0 radical (unpaired) electrons. The molecule has 0 unspecified atom stereocenters. The van der Waals surface area contributed by atoms with E-state index < -0.39 is 11.9 Å². The number of hydrogen-bond donors (Lipinski definition) is 3. The molecule has 26 heavy (non-hydrogen) atoms. The molecule has 2 rings (SSSR count). The molecule has 9 nitrogen and oxygen atoms in total. The quantitative estimate of drug-likeness (QED) is 0.435. The summed E-state index contributed by atoms with van der Waals surface area (Å²) in [4.78, 5) is 34.9. The van der Waals surface area contributed by atoms with Crippen LogP contribution in [0, 0.1) is 0 Å². The number of nitrogens with one attached hydrogen (secondary N) is 1. The Hall–Kier alpha value is -1.71. The van der Waals surface area contributed by atoms with Gasteiger partial charge in [-0.1, -0.05) is 6.42 Å². The number of carboxylic acids is 2. The van der Waals surface area contributed by atoms with E-state index in [0.717, 1.165) is 19.1 Å². The van der Waals surface area contributed by atoms with E-state index in [1.54, 1.807) is 7.11 Å². The highest BCUT2D eigenvalue weighted by Crippen LogP contribution is 2.20. The number of amides is 1. The molecule has 0 aromatic heterocycles. The van der Waals surface area contributed by atoms with Gasteiger partial charge in [0, 0.05) is 32.8 Å². The SMILES string of the molecule is COCCNC(=O)CN1CCC(N2CCCCC2)CC1.O=C(O)C(=O)O. The summed E-state index contributed by atoms with van der Waals surface area (Å²) in [6.07, 6.45) is 6.55. The largest absolute Gasteiger partial charge is 0.473 e. The lowest BCUT2D eigenvalue weighted by molar-refractivity contribution is -0.159. The topological polar surface area (TPSA) is 119 Å². The van der Waals surface area contributed by atoms with E-state index in [1.165, 1.54) is 45.2 Å². The maximum absolute atomic E-state index is 11.8. The fourth-order valence-electron chi connectivity index (χ4n) is 3.28. The van der Waals surface area contributed by atoms with Gasteiger partial charge in [0.2, 0.25) is 5.91 Å². The first-order valence-corrected chi connectivity index (χ1v) is 9.12. The summed E-state index contributed by atoms with van der Waals surface area (Å²) in [5, 5.41) is 17.7. The lowest BCUT2D eigenvalue weighted by atomic mass is 10.00. The van der Waals surface area contributed by atoms with Crippen LogP contribution in [0.25, 0.3) is 0 Å². The maximum Gasteiger partial charge on any atom is 0.414 e. The van der Waals surface area contributed by atoms with Crippen molar-refractivity contribution in [1.82, 2.24) is 15.1 Å². The molecule has 0 spiro atoms. The highest BCUT2D eigenvalue weighted by molar-refractivity contribution is 6.27. The molecule has 150 valence electrons. The Morgan fingerprint density at radius 2 is 1.58 bits per heavy atom. The van der Waals surface area contributed by atoms with Crippen molar-refractivity contribution in [2.45, 2.75) is 38.1 Å². The van der Waals surface area contributed by atoms with Crippen molar-refractivity contribution in [3.8, 4) is 0 Å². The molecule has 0 atom stereocenters. The molecule has 2 aliphatic heterocycles. The number of piperidine rings is 2. The summed E-state index contributed by atoms with van der Waals surface area (Å²) >= 11 is 0. The van der Waals surface area contributed by atoms with Crippen LogP contribution < -0.4 is 5.32 Å². The molecule has 2 heterocycles. The molecule has 3 N–H and O–H groups in total. The number of ether oxygens (including phenoxy) is 1. The molecule has 0 saturated carbocycles. The van der Waals surface area contributed by atoms with Crippen molar-refractivity contribution in [1.29, 1.82) is 0 Å². The first-order valence-electron chi connectivity index (χ1n) is 9.12. The van der Waals surface area contributed by atoms with Crippen LogP contribution in [-0.4, -0.2) is 96.9 Å². The third-order valence-corrected chi connectivity index (χ3v) is 4.64. The second-order valence-electron chi connectivity index (χ2n) is 6.56. The van der Waals surface area contributed by atoms with Gasteiger partial charge >= 0.3 is 11.9 Å². The van der Waals surface area contributed by atoms with Crippen molar-refractivity contribution in [2.75, 3.05) is 53.0 Å². The van der Waals surface area contributed by atoms with Gasteiger partial charge in [0.1, 0.15) is 0 Å². The van der Waals surface area contributed by atoms with Gasteiger partial charge in [-0.25, -0.2) is 9.59 Å². The average Bonchev–Trinajstić information content (AvgIpc) is 2.64. The molecule has 9 heteroatoms. The molecule has 1 amide bonds. The van der Waals surface area contributed by atoms with Gasteiger partial charge in [-0.3, -0.25) is 9.69 Å². The van der Waals surface area contributed by atoms with Gasteiger partial charge in [-0.05, 0) is 38.8 Å². The maximum atomic E-state index is 11.8. The van der Waals surface area contributed by atoms with Crippen LogP contribution >= 0.6 is 0 Å². The van der Waals surface area contributed by atoms with Gasteiger partial charge in [0.05, 0.1) is 13.2 Å². The molecule has 0 aliphatic carbocycles. The first-order chi connectivity index (χ1) is 12.4. The third kappa shape index (κ3) is 9.12. The molecular formula is C17H31N3O6. The van der Waals surface area contributed by atoms with Crippen LogP contribution in [0.15, 0.2) is 0 Å². The average molecular weight is 373 g/mol. The summed E-state index contributed by atoms with van der Waals surface area (Å²) in [5.41, 5.74) is 0. The molecular weight excluding hydrogens is 342 g/mol. The first kappa shape index (κ1) is 22.3. The Morgan fingerprint density at radius 3 is 2.08 bits per heavy atom. The zero-order valence-corrected chi connectivity index (χ0v) is 15.5. The minimum absolute atomic E-state index is 0.124. The minimum atomic E-state index is -1.82.